The third kappa shape index (κ3) is 4.54. The van der Waals surface area contributed by atoms with Crippen LogP contribution in [0.4, 0.5) is 24.5 Å². The van der Waals surface area contributed by atoms with Crippen LogP contribution >= 0.6 is 0 Å². The molecule has 0 atom stereocenters. The highest BCUT2D eigenvalue weighted by atomic mass is 19.3. The smallest absolute Gasteiger partial charge is 0.387 e. The van der Waals surface area contributed by atoms with E-state index in [4.69, 9.17) is 5.73 Å². The predicted octanol–water partition coefficient (Wildman–Crippen LogP) is 3.49. The van der Waals surface area contributed by atoms with Gasteiger partial charge >= 0.3 is 6.61 Å². The lowest BCUT2D eigenvalue weighted by Crippen LogP contribution is -2.21. The molecule has 0 saturated carbocycles. The van der Waals surface area contributed by atoms with E-state index in [2.05, 4.69) is 18.6 Å². The minimum Gasteiger partial charge on any atom is -0.432 e. The van der Waals surface area contributed by atoms with Crippen LogP contribution in [0.2, 0.25) is 0 Å². The summed E-state index contributed by atoms with van der Waals surface area (Å²) in [5, 5.41) is 0. The van der Waals surface area contributed by atoms with Crippen molar-refractivity contribution in [3.8, 4) is 5.75 Å². The standard InChI is InChI=1S/C13H19F3N2O/c1-8(2)4-5-18(3)11-7-12(19-13(15)16)9(14)6-10(11)17/h6-8,13H,4-5,17H2,1-3H3. The van der Waals surface area contributed by atoms with Crippen molar-refractivity contribution in [1.29, 1.82) is 0 Å². The molecule has 108 valence electrons. The van der Waals surface area contributed by atoms with Gasteiger partial charge in [0.2, 0.25) is 0 Å². The summed E-state index contributed by atoms with van der Waals surface area (Å²) in [6.07, 6.45) is 0.915. The molecule has 0 aromatic heterocycles. The first-order valence-corrected chi connectivity index (χ1v) is 6.06. The van der Waals surface area contributed by atoms with Crippen molar-refractivity contribution in [1.82, 2.24) is 0 Å². The van der Waals surface area contributed by atoms with E-state index in [-0.39, 0.29) is 5.69 Å². The average molecular weight is 276 g/mol. The predicted molar refractivity (Wildman–Crippen MR) is 70.2 cm³/mol. The second kappa shape index (κ2) is 6.54. The van der Waals surface area contributed by atoms with E-state index in [1.54, 1.807) is 11.9 Å². The van der Waals surface area contributed by atoms with E-state index in [0.717, 1.165) is 12.5 Å². The van der Waals surface area contributed by atoms with Gasteiger partial charge in [-0.3, -0.25) is 0 Å². The summed E-state index contributed by atoms with van der Waals surface area (Å²) < 4.78 is 41.8. The molecule has 1 aromatic carbocycles. The Bertz CT molecular complexity index is 425. The summed E-state index contributed by atoms with van der Waals surface area (Å²) in [6.45, 7) is 1.79. The molecule has 3 nitrogen and oxygen atoms in total. The Hall–Kier alpha value is -1.59. The third-order valence-electron chi connectivity index (χ3n) is 2.75. The maximum absolute atomic E-state index is 13.4. The Labute approximate surface area is 111 Å². The first-order chi connectivity index (χ1) is 8.81. The quantitative estimate of drug-likeness (QED) is 0.808. The van der Waals surface area contributed by atoms with E-state index in [1.165, 1.54) is 6.07 Å². The van der Waals surface area contributed by atoms with Crippen molar-refractivity contribution in [3.05, 3.63) is 17.9 Å². The van der Waals surface area contributed by atoms with E-state index in [0.29, 0.717) is 18.2 Å². The van der Waals surface area contributed by atoms with Crippen molar-refractivity contribution >= 4 is 11.4 Å². The second-order valence-corrected chi connectivity index (χ2v) is 4.82. The first-order valence-electron chi connectivity index (χ1n) is 6.06. The van der Waals surface area contributed by atoms with Crippen molar-refractivity contribution in [2.45, 2.75) is 26.9 Å². The number of hydrogen-bond donors (Lipinski definition) is 1. The van der Waals surface area contributed by atoms with Crippen LogP contribution in [0.15, 0.2) is 12.1 Å². The number of ether oxygens (including phenoxy) is 1. The molecule has 19 heavy (non-hydrogen) atoms. The Balaban J connectivity index is 2.93. The second-order valence-electron chi connectivity index (χ2n) is 4.82. The zero-order chi connectivity index (χ0) is 14.6. The van der Waals surface area contributed by atoms with Crippen LogP contribution in [0.3, 0.4) is 0 Å². The number of benzene rings is 1. The van der Waals surface area contributed by atoms with Gasteiger partial charge in [0.1, 0.15) is 0 Å². The van der Waals surface area contributed by atoms with Crippen molar-refractivity contribution < 1.29 is 17.9 Å². The Morgan fingerprint density at radius 1 is 1.32 bits per heavy atom. The number of nitrogen functional groups attached to an aromatic ring is 1. The molecule has 0 saturated heterocycles. The summed E-state index contributed by atoms with van der Waals surface area (Å²) >= 11 is 0. The van der Waals surface area contributed by atoms with Crippen molar-refractivity contribution in [2.75, 3.05) is 24.2 Å². The maximum Gasteiger partial charge on any atom is 0.387 e. The summed E-state index contributed by atoms with van der Waals surface area (Å²) in [7, 11) is 1.78. The lowest BCUT2D eigenvalue weighted by Gasteiger charge is -2.23. The van der Waals surface area contributed by atoms with E-state index in [9.17, 15) is 13.2 Å². The summed E-state index contributed by atoms with van der Waals surface area (Å²) in [5.74, 6) is -0.879. The molecule has 1 aromatic rings. The molecular formula is C13H19F3N2O. The molecule has 2 N–H and O–H groups in total. The summed E-state index contributed by atoms with van der Waals surface area (Å²) in [6, 6.07) is 2.20. The van der Waals surface area contributed by atoms with Gasteiger partial charge in [0, 0.05) is 25.7 Å². The van der Waals surface area contributed by atoms with Gasteiger partial charge in [0.05, 0.1) is 11.4 Å². The maximum atomic E-state index is 13.4. The molecule has 0 fully saturated rings. The summed E-state index contributed by atoms with van der Waals surface area (Å²) in [4.78, 5) is 1.80. The molecule has 6 heteroatoms. The SMILES string of the molecule is CC(C)CCN(C)c1cc(OC(F)F)c(F)cc1N. The minimum atomic E-state index is -3.06. The lowest BCUT2D eigenvalue weighted by atomic mass is 10.1. The van der Waals surface area contributed by atoms with Gasteiger partial charge in [-0.15, -0.1) is 0 Å². The lowest BCUT2D eigenvalue weighted by molar-refractivity contribution is -0.0521. The minimum absolute atomic E-state index is 0.199. The largest absolute Gasteiger partial charge is 0.432 e. The zero-order valence-corrected chi connectivity index (χ0v) is 11.3. The highest BCUT2D eigenvalue weighted by Gasteiger charge is 2.15. The number of nitrogens with two attached hydrogens (primary N) is 1. The molecule has 0 spiro atoms. The van der Waals surface area contributed by atoms with Gasteiger partial charge in [-0.1, -0.05) is 13.8 Å². The number of alkyl halides is 2. The third-order valence-corrected chi connectivity index (χ3v) is 2.75. The average Bonchev–Trinajstić information content (AvgIpc) is 2.29. The Morgan fingerprint density at radius 3 is 2.47 bits per heavy atom. The number of rotatable bonds is 6. The van der Waals surface area contributed by atoms with Gasteiger partial charge in [-0.2, -0.15) is 8.78 Å². The topological polar surface area (TPSA) is 38.5 Å². The molecule has 0 amide bonds. The molecular weight excluding hydrogens is 257 g/mol. The Morgan fingerprint density at radius 2 is 1.95 bits per heavy atom. The fraction of sp³-hybridized carbons (Fsp3) is 0.538. The molecule has 0 bridgehead atoms. The molecule has 1 rings (SSSR count). The fourth-order valence-corrected chi connectivity index (χ4v) is 1.65. The fourth-order valence-electron chi connectivity index (χ4n) is 1.65. The molecule has 0 aliphatic rings. The highest BCUT2D eigenvalue weighted by molar-refractivity contribution is 5.69. The van der Waals surface area contributed by atoms with Crippen LogP contribution in [-0.2, 0) is 0 Å². The zero-order valence-electron chi connectivity index (χ0n) is 11.3. The Kier molecular flexibility index (Phi) is 5.32. The molecule has 0 unspecified atom stereocenters. The van der Waals surface area contributed by atoms with Crippen LogP contribution in [0.5, 0.6) is 5.75 Å². The first kappa shape index (κ1) is 15.5. The molecule has 0 aliphatic heterocycles. The van der Waals surface area contributed by atoms with Crippen LogP contribution < -0.4 is 15.4 Å². The van der Waals surface area contributed by atoms with Crippen LogP contribution in [-0.4, -0.2) is 20.2 Å². The number of anilines is 2. The van der Waals surface area contributed by atoms with Crippen molar-refractivity contribution in [2.24, 2.45) is 5.92 Å². The number of nitrogens with zero attached hydrogens (tertiary/aromatic N) is 1. The highest BCUT2D eigenvalue weighted by Crippen LogP contribution is 2.31. The van der Waals surface area contributed by atoms with Crippen molar-refractivity contribution in [3.63, 3.8) is 0 Å². The van der Waals surface area contributed by atoms with Gasteiger partial charge in [-0.05, 0) is 12.3 Å². The van der Waals surface area contributed by atoms with E-state index < -0.39 is 18.2 Å². The monoisotopic (exact) mass is 276 g/mol. The van der Waals surface area contributed by atoms with Gasteiger partial charge < -0.3 is 15.4 Å². The summed E-state index contributed by atoms with van der Waals surface area (Å²) in [5.41, 5.74) is 6.39. The molecule has 0 radical (unpaired) electrons. The van der Waals surface area contributed by atoms with Crippen LogP contribution in [0.25, 0.3) is 0 Å². The van der Waals surface area contributed by atoms with Crippen LogP contribution in [0, 0.1) is 11.7 Å². The normalized spacial score (nSPS) is 11.2. The van der Waals surface area contributed by atoms with E-state index in [1.807, 2.05) is 0 Å². The van der Waals surface area contributed by atoms with Gasteiger partial charge in [0.25, 0.3) is 0 Å². The number of hydrogen-bond acceptors (Lipinski definition) is 3. The van der Waals surface area contributed by atoms with Gasteiger partial charge in [-0.25, -0.2) is 4.39 Å². The van der Waals surface area contributed by atoms with E-state index >= 15 is 0 Å². The van der Waals surface area contributed by atoms with Gasteiger partial charge in [0.15, 0.2) is 11.6 Å². The molecule has 0 aliphatic carbocycles. The molecule has 0 heterocycles. The van der Waals surface area contributed by atoms with Crippen LogP contribution in [0.1, 0.15) is 20.3 Å². The number of halogens is 3.